The number of carbonyl (C=O) groups excluding carboxylic acids is 2. The van der Waals surface area contributed by atoms with Crippen molar-refractivity contribution >= 4 is 17.9 Å². The number of aromatic nitrogens is 1. The Labute approximate surface area is 181 Å². The van der Waals surface area contributed by atoms with Gasteiger partial charge in [-0.2, -0.15) is 0 Å². The number of ether oxygens (including phenoxy) is 1. The quantitative estimate of drug-likeness (QED) is 0.681. The van der Waals surface area contributed by atoms with Gasteiger partial charge in [-0.05, 0) is 17.2 Å². The molecule has 4 atom stereocenters. The van der Waals surface area contributed by atoms with Crippen molar-refractivity contribution in [2.24, 2.45) is 11.8 Å². The number of carbonyl (C=O) groups is 2. The summed E-state index contributed by atoms with van der Waals surface area (Å²) < 4.78 is 6.23. The summed E-state index contributed by atoms with van der Waals surface area (Å²) in [4.78, 5) is 34.3. The van der Waals surface area contributed by atoms with Crippen molar-refractivity contribution in [1.29, 1.82) is 0 Å². The molecule has 1 aromatic carbocycles. The van der Waals surface area contributed by atoms with Gasteiger partial charge < -0.3 is 14.5 Å². The Morgan fingerprint density at radius 3 is 2.90 bits per heavy atom. The Bertz CT molecular complexity index is 1040. The lowest BCUT2D eigenvalue weighted by atomic mass is 9.76. The minimum absolute atomic E-state index is 0.0118. The predicted molar refractivity (Wildman–Crippen MR) is 116 cm³/mol. The van der Waals surface area contributed by atoms with E-state index in [4.69, 9.17) is 4.74 Å². The first-order chi connectivity index (χ1) is 15.1. The number of hydrogen-bond acceptors (Lipinski definition) is 4. The third-order valence-corrected chi connectivity index (χ3v) is 6.43. The lowest BCUT2D eigenvalue weighted by molar-refractivity contribution is -0.142. The summed E-state index contributed by atoms with van der Waals surface area (Å²) in [7, 11) is 1.78. The van der Waals surface area contributed by atoms with Crippen molar-refractivity contribution in [3.8, 4) is 0 Å². The van der Waals surface area contributed by atoms with E-state index in [0.717, 1.165) is 11.1 Å². The van der Waals surface area contributed by atoms with E-state index < -0.39 is 17.4 Å². The molecule has 31 heavy (non-hydrogen) atoms. The molecule has 1 spiro atoms. The Kier molecular flexibility index (Phi) is 4.94. The molecule has 4 heterocycles. The molecule has 3 aliphatic rings. The van der Waals surface area contributed by atoms with Crippen LogP contribution in [-0.2, 0) is 20.9 Å². The van der Waals surface area contributed by atoms with Crippen molar-refractivity contribution in [1.82, 2.24) is 14.8 Å². The van der Waals surface area contributed by atoms with Gasteiger partial charge in [0.1, 0.15) is 5.60 Å². The molecule has 0 saturated carbocycles. The highest BCUT2D eigenvalue weighted by Gasteiger charge is 2.67. The van der Waals surface area contributed by atoms with Crippen LogP contribution in [0, 0.1) is 11.8 Å². The molecule has 3 aliphatic heterocycles. The van der Waals surface area contributed by atoms with Crippen molar-refractivity contribution in [2.45, 2.75) is 18.2 Å². The van der Waals surface area contributed by atoms with Gasteiger partial charge in [-0.15, -0.1) is 0 Å². The molecule has 1 aromatic heterocycles. The number of benzene rings is 1. The standard InChI is InChI=1S/C25H25N3O3/c1-27(14-6-10-18-7-3-2-4-8-18)23(29)21-20-11-12-25(31-20)17-28(24(30)22(21)25)16-19-9-5-13-26-15-19/h2-13,15,20-22H,14,16-17H2,1H3/b10-6+/t20-,21-,22+,25-/m0/s1. The van der Waals surface area contributed by atoms with E-state index in [-0.39, 0.29) is 17.9 Å². The van der Waals surface area contributed by atoms with E-state index >= 15 is 0 Å². The average molecular weight is 415 g/mol. The highest BCUT2D eigenvalue weighted by atomic mass is 16.5. The van der Waals surface area contributed by atoms with Crippen LogP contribution in [0.2, 0.25) is 0 Å². The molecule has 2 fully saturated rings. The molecule has 2 amide bonds. The first-order valence-corrected chi connectivity index (χ1v) is 10.6. The lowest BCUT2D eigenvalue weighted by Gasteiger charge is -2.27. The van der Waals surface area contributed by atoms with Gasteiger partial charge in [0.25, 0.3) is 0 Å². The maximum absolute atomic E-state index is 13.3. The second kappa shape index (κ2) is 7.78. The second-order valence-corrected chi connectivity index (χ2v) is 8.49. The zero-order chi connectivity index (χ0) is 21.4. The lowest BCUT2D eigenvalue weighted by Crippen LogP contribution is -2.44. The van der Waals surface area contributed by atoms with Gasteiger partial charge >= 0.3 is 0 Å². The van der Waals surface area contributed by atoms with Gasteiger partial charge in [-0.3, -0.25) is 14.6 Å². The van der Waals surface area contributed by atoms with Crippen LogP contribution in [0.4, 0.5) is 0 Å². The summed E-state index contributed by atoms with van der Waals surface area (Å²) in [5.74, 6) is -1.00. The number of hydrogen-bond donors (Lipinski definition) is 0. The Morgan fingerprint density at radius 2 is 2.13 bits per heavy atom. The fourth-order valence-electron chi connectivity index (χ4n) is 4.96. The highest BCUT2D eigenvalue weighted by molar-refractivity contribution is 5.93. The second-order valence-electron chi connectivity index (χ2n) is 8.49. The summed E-state index contributed by atoms with van der Waals surface area (Å²) in [5.41, 5.74) is 1.37. The molecular formula is C25H25N3O3. The molecule has 5 rings (SSSR count). The van der Waals surface area contributed by atoms with Crippen LogP contribution >= 0.6 is 0 Å². The monoisotopic (exact) mass is 415 g/mol. The first kappa shape index (κ1) is 19.7. The van der Waals surface area contributed by atoms with E-state index in [1.807, 2.05) is 66.8 Å². The van der Waals surface area contributed by atoms with E-state index in [1.165, 1.54) is 0 Å². The molecule has 158 valence electrons. The minimum Gasteiger partial charge on any atom is -0.360 e. The van der Waals surface area contributed by atoms with Crippen molar-refractivity contribution < 1.29 is 14.3 Å². The number of amides is 2. The summed E-state index contributed by atoms with van der Waals surface area (Å²) in [5, 5.41) is 0. The molecule has 0 N–H and O–H groups in total. The zero-order valence-corrected chi connectivity index (χ0v) is 17.4. The third-order valence-electron chi connectivity index (χ3n) is 6.43. The first-order valence-electron chi connectivity index (χ1n) is 10.6. The summed E-state index contributed by atoms with van der Waals surface area (Å²) >= 11 is 0. The Hall–Kier alpha value is -3.25. The SMILES string of the molecule is CN(C/C=C/c1ccccc1)C(=O)[C@H]1[C@@H]2C=C[C@@]3(CN(Cc4cccnc4)C(=O)[C@@H]13)O2. The number of nitrogens with zero attached hydrogens (tertiary/aromatic N) is 3. The van der Waals surface area contributed by atoms with E-state index in [0.29, 0.717) is 19.6 Å². The van der Waals surface area contributed by atoms with Gasteiger partial charge in [0.05, 0.1) is 24.5 Å². The molecule has 0 unspecified atom stereocenters. The smallest absolute Gasteiger partial charge is 0.230 e. The predicted octanol–water partition coefficient (Wildman–Crippen LogP) is 2.54. The largest absolute Gasteiger partial charge is 0.360 e. The number of likely N-dealkylation sites (tertiary alicyclic amines) is 1. The maximum atomic E-state index is 13.3. The molecular weight excluding hydrogens is 390 g/mol. The maximum Gasteiger partial charge on any atom is 0.230 e. The Morgan fingerprint density at radius 1 is 1.29 bits per heavy atom. The fraction of sp³-hybridized carbons (Fsp3) is 0.320. The van der Waals surface area contributed by atoms with Gasteiger partial charge in [0.2, 0.25) is 11.8 Å². The summed E-state index contributed by atoms with van der Waals surface area (Å²) in [6, 6.07) is 13.8. The normalized spacial score (nSPS) is 28.5. The van der Waals surface area contributed by atoms with Crippen molar-refractivity contribution in [3.63, 3.8) is 0 Å². The van der Waals surface area contributed by atoms with Crippen LogP contribution in [0.3, 0.4) is 0 Å². The van der Waals surface area contributed by atoms with Gasteiger partial charge in [-0.1, -0.05) is 60.7 Å². The average Bonchev–Trinajstić information content (AvgIpc) is 3.43. The number of rotatable bonds is 6. The van der Waals surface area contributed by atoms with E-state index in [1.54, 1.807) is 29.2 Å². The van der Waals surface area contributed by atoms with Crippen molar-refractivity contribution in [2.75, 3.05) is 20.1 Å². The Balaban J connectivity index is 1.30. The van der Waals surface area contributed by atoms with Crippen LogP contribution in [0.25, 0.3) is 6.08 Å². The van der Waals surface area contributed by atoms with Crippen LogP contribution in [0.15, 0.2) is 73.1 Å². The number of pyridine rings is 1. The molecule has 6 heteroatoms. The van der Waals surface area contributed by atoms with Gasteiger partial charge in [0, 0.05) is 32.5 Å². The highest BCUT2D eigenvalue weighted by Crippen LogP contribution is 2.52. The van der Waals surface area contributed by atoms with Crippen molar-refractivity contribution in [3.05, 3.63) is 84.2 Å². The number of fused-ring (bicyclic) bond motifs is 1. The van der Waals surface area contributed by atoms with Crippen LogP contribution in [0.1, 0.15) is 11.1 Å². The number of likely N-dealkylation sites (N-methyl/N-ethyl adjacent to an activating group) is 1. The van der Waals surface area contributed by atoms with E-state index in [2.05, 4.69) is 4.98 Å². The summed E-state index contributed by atoms with van der Waals surface area (Å²) in [6.07, 6.45) is 11.1. The van der Waals surface area contributed by atoms with E-state index in [9.17, 15) is 9.59 Å². The zero-order valence-electron chi connectivity index (χ0n) is 17.4. The molecule has 2 saturated heterocycles. The molecule has 6 nitrogen and oxygen atoms in total. The van der Waals surface area contributed by atoms with Crippen LogP contribution in [-0.4, -0.2) is 58.4 Å². The topological polar surface area (TPSA) is 62.7 Å². The summed E-state index contributed by atoms with van der Waals surface area (Å²) in [6.45, 7) is 1.43. The van der Waals surface area contributed by atoms with Gasteiger partial charge in [-0.25, -0.2) is 0 Å². The molecule has 2 aromatic rings. The van der Waals surface area contributed by atoms with Gasteiger partial charge in [0.15, 0.2) is 0 Å². The molecule has 2 bridgehead atoms. The van der Waals surface area contributed by atoms with Crippen LogP contribution < -0.4 is 0 Å². The molecule has 0 aliphatic carbocycles. The minimum atomic E-state index is -0.689. The third kappa shape index (κ3) is 3.47. The van der Waals surface area contributed by atoms with Crippen LogP contribution in [0.5, 0.6) is 0 Å². The molecule has 0 radical (unpaired) electrons. The fourth-order valence-corrected chi connectivity index (χ4v) is 4.96.